The third-order valence-electron chi connectivity index (χ3n) is 3.78. The Morgan fingerprint density at radius 2 is 0.920 bits per heavy atom. The number of hydrogen-bond acceptors (Lipinski definition) is 4. The van der Waals surface area contributed by atoms with Crippen molar-refractivity contribution in [2.45, 2.75) is 33.1 Å². The van der Waals surface area contributed by atoms with E-state index in [1.165, 1.54) is 13.8 Å². The average Bonchev–Trinajstić information content (AvgIpc) is 2.55. The molecule has 4 heteroatoms. The Bertz CT molecular complexity index is 729. The summed E-state index contributed by atoms with van der Waals surface area (Å²) >= 11 is 0. The molecular formula is C21H20O4. The van der Waals surface area contributed by atoms with Gasteiger partial charge in [0.1, 0.15) is 11.6 Å². The van der Waals surface area contributed by atoms with Crippen LogP contribution in [0.1, 0.15) is 58.5 Å². The van der Waals surface area contributed by atoms with Crippen molar-refractivity contribution in [3.8, 4) is 0 Å². The molecule has 0 fully saturated rings. The summed E-state index contributed by atoms with van der Waals surface area (Å²) in [6.07, 6.45) is 0.520. The molecule has 0 aliphatic carbocycles. The Balaban J connectivity index is 2.02. The fourth-order valence-electron chi connectivity index (χ4n) is 2.51. The summed E-state index contributed by atoms with van der Waals surface area (Å²) in [5.41, 5.74) is 3.12. The fraction of sp³-hybridized carbons (Fsp3) is 0.238. The lowest BCUT2D eigenvalue weighted by atomic mass is 9.99. The molecule has 0 atom stereocenters. The number of ketones is 4. The summed E-state index contributed by atoms with van der Waals surface area (Å²) < 4.78 is 0. The first-order valence-corrected chi connectivity index (χ1v) is 8.08. The molecule has 0 N–H and O–H groups in total. The van der Waals surface area contributed by atoms with Gasteiger partial charge in [-0.2, -0.15) is 0 Å². The monoisotopic (exact) mass is 336 g/mol. The lowest BCUT2D eigenvalue weighted by Crippen LogP contribution is -2.05. The van der Waals surface area contributed by atoms with E-state index in [2.05, 4.69) is 0 Å². The second kappa shape index (κ2) is 8.29. The van der Waals surface area contributed by atoms with Crippen LogP contribution >= 0.6 is 0 Å². The van der Waals surface area contributed by atoms with E-state index in [-0.39, 0.29) is 36.0 Å². The molecule has 0 saturated heterocycles. The predicted octanol–water partition coefficient (Wildman–Crippen LogP) is 3.60. The molecule has 2 aromatic rings. The van der Waals surface area contributed by atoms with Gasteiger partial charge in [-0.05, 0) is 31.4 Å². The van der Waals surface area contributed by atoms with Gasteiger partial charge in [0.15, 0.2) is 11.6 Å². The second-order valence-electron chi connectivity index (χ2n) is 6.17. The van der Waals surface area contributed by atoms with Gasteiger partial charge in [-0.15, -0.1) is 0 Å². The van der Waals surface area contributed by atoms with Crippen LogP contribution in [0.3, 0.4) is 0 Å². The van der Waals surface area contributed by atoms with E-state index in [1.807, 2.05) is 24.3 Å². The van der Waals surface area contributed by atoms with Crippen LogP contribution in [-0.2, 0) is 16.0 Å². The second-order valence-corrected chi connectivity index (χ2v) is 6.17. The smallest absolute Gasteiger partial charge is 0.170 e. The molecule has 0 aliphatic heterocycles. The van der Waals surface area contributed by atoms with E-state index in [9.17, 15) is 19.2 Å². The Hall–Kier alpha value is -2.88. The lowest BCUT2D eigenvalue weighted by Gasteiger charge is -2.05. The van der Waals surface area contributed by atoms with Gasteiger partial charge in [0.25, 0.3) is 0 Å². The minimum absolute atomic E-state index is 0.0743. The topological polar surface area (TPSA) is 68.3 Å². The molecule has 0 heterocycles. The van der Waals surface area contributed by atoms with Gasteiger partial charge in [0.05, 0.1) is 12.8 Å². The van der Waals surface area contributed by atoms with Crippen molar-refractivity contribution >= 4 is 23.1 Å². The van der Waals surface area contributed by atoms with Crippen LogP contribution in [0.25, 0.3) is 0 Å². The van der Waals surface area contributed by atoms with E-state index in [0.717, 1.165) is 11.1 Å². The molecular weight excluding hydrogens is 316 g/mol. The molecule has 0 radical (unpaired) electrons. The molecule has 0 amide bonds. The van der Waals surface area contributed by atoms with Crippen molar-refractivity contribution in [1.82, 2.24) is 0 Å². The minimum atomic E-state index is -0.174. The van der Waals surface area contributed by atoms with Crippen molar-refractivity contribution in [2.75, 3.05) is 0 Å². The van der Waals surface area contributed by atoms with Crippen LogP contribution in [0.5, 0.6) is 0 Å². The molecule has 0 aliphatic rings. The number of Topliss-reactive ketones (excluding diaryl/α,β-unsaturated/α-hetero) is 4. The zero-order chi connectivity index (χ0) is 18.4. The van der Waals surface area contributed by atoms with Crippen LogP contribution in [0.15, 0.2) is 48.5 Å². The zero-order valence-corrected chi connectivity index (χ0v) is 14.4. The van der Waals surface area contributed by atoms with Crippen LogP contribution in [-0.4, -0.2) is 23.1 Å². The zero-order valence-electron chi connectivity index (χ0n) is 14.4. The van der Waals surface area contributed by atoms with Crippen molar-refractivity contribution < 1.29 is 19.2 Å². The highest BCUT2D eigenvalue weighted by atomic mass is 16.2. The molecule has 25 heavy (non-hydrogen) atoms. The lowest BCUT2D eigenvalue weighted by molar-refractivity contribution is -0.117. The van der Waals surface area contributed by atoms with Gasteiger partial charge < -0.3 is 0 Å². The predicted molar refractivity (Wildman–Crippen MR) is 94.9 cm³/mol. The number of carbonyl (C=O) groups excluding carboxylic acids is 4. The van der Waals surface area contributed by atoms with Gasteiger partial charge >= 0.3 is 0 Å². The van der Waals surface area contributed by atoms with Crippen molar-refractivity contribution in [3.05, 3.63) is 70.8 Å². The molecule has 0 spiro atoms. The summed E-state index contributed by atoms with van der Waals surface area (Å²) in [5.74, 6) is -0.637. The molecule has 0 bridgehead atoms. The molecule has 0 unspecified atom stereocenters. The highest BCUT2D eigenvalue weighted by Crippen LogP contribution is 2.14. The van der Waals surface area contributed by atoms with E-state index in [0.29, 0.717) is 17.5 Å². The maximum Gasteiger partial charge on any atom is 0.170 e. The average molecular weight is 336 g/mol. The first-order valence-electron chi connectivity index (χ1n) is 8.08. The van der Waals surface area contributed by atoms with Gasteiger partial charge in [-0.1, -0.05) is 48.5 Å². The third kappa shape index (κ3) is 5.60. The maximum atomic E-state index is 11.8. The largest absolute Gasteiger partial charge is 0.300 e. The Morgan fingerprint density at radius 3 is 1.20 bits per heavy atom. The first-order chi connectivity index (χ1) is 11.8. The molecule has 2 aromatic carbocycles. The van der Waals surface area contributed by atoms with E-state index in [4.69, 9.17) is 0 Å². The summed E-state index contributed by atoms with van der Waals surface area (Å²) in [4.78, 5) is 45.7. The van der Waals surface area contributed by atoms with Gasteiger partial charge in [0, 0.05) is 11.1 Å². The van der Waals surface area contributed by atoms with E-state index >= 15 is 0 Å². The maximum absolute atomic E-state index is 11.8. The molecule has 128 valence electrons. The third-order valence-corrected chi connectivity index (χ3v) is 3.78. The van der Waals surface area contributed by atoms with Crippen LogP contribution in [0, 0.1) is 0 Å². The fourth-order valence-corrected chi connectivity index (χ4v) is 2.51. The molecule has 4 nitrogen and oxygen atoms in total. The Morgan fingerprint density at radius 1 is 0.600 bits per heavy atom. The SMILES string of the molecule is CC(=O)CC(=O)c1ccc(Cc2ccc(C(=O)CC(C)=O)cc2)cc1. The number of benzene rings is 2. The van der Waals surface area contributed by atoms with E-state index in [1.54, 1.807) is 24.3 Å². The summed E-state index contributed by atoms with van der Waals surface area (Å²) in [6.45, 7) is 2.80. The first kappa shape index (κ1) is 18.5. The summed E-state index contributed by atoms with van der Waals surface area (Å²) in [6, 6.07) is 14.4. The summed E-state index contributed by atoms with van der Waals surface area (Å²) in [5, 5.41) is 0. The van der Waals surface area contributed by atoms with Crippen molar-refractivity contribution in [1.29, 1.82) is 0 Å². The number of hydrogen-bond donors (Lipinski definition) is 0. The summed E-state index contributed by atoms with van der Waals surface area (Å²) in [7, 11) is 0. The van der Waals surface area contributed by atoms with Crippen LogP contribution in [0.4, 0.5) is 0 Å². The molecule has 0 saturated carbocycles. The Labute approximate surface area is 146 Å². The minimum Gasteiger partial charge on any atom is -0.300 e. The van der Waals surface area contributed by atoms with Gasteiger partial charge in [-0.3, -0.25) is 19.2 Å². The van der Waals surface area contributed by atoms with Crippen LogP contribution < -0.4 is 0 Å². The van der Waals surface area contributed by atoms with Crippen molar-refractivity contribution in [3.63, 3.8) is 0 Å². The highest BCUT2D eigenvalue weighted by molar-refractivity contribution is 6.07. The van der Waals surface area contributed by atoms with Crippen molar-refractivity contribution in [2.24, 2.45) is 0 Å². The Kier molecular flexibility index (Phi) is 6.12. The normalized spacial score (nSPS) is 10.3. The van der Waals surface area contributed by atoms with Crippen LogP contribution in [0.2, 0.25) is 0 Å². The quantitative estimate of drug-likeness (QED) is 0.545. The van der Waals surface area contributed by atoms with E-state index < -0.39 is 0 Å². The number of rotatable bonds is 8. The standard InChI is InChI=1S/C21H20O4/c1-14(22)11-20(24)18-7-3-16(4-8-18)13-17-5-9-19(10-6-17)21(25)12-15(2)23/h3-10H,11-13H2,1-2H3. The van der Waals surface area contributed by atoms with Gasteiger partial charge in [-0.25, -0.2) is 0 Å². The highest BCUT2D eigenvalue weighted by Gasteiger charge is 2.10. The molecule has 0 aromatic heterocycles. The van der Waals surface area contributed by atoms with Gasteiger partial charge in [0.2, 0.25) is 0 Å². The number of carbonyl (C=O) groups is 4. The molecule has 2 rings (SSSR count).